The van der Waals surface area contributed by atoms with Gasteiger partial charge in [-0.3, -0.25) is 4.79 Å². The highest BCUT2D eigenvalue weighted by Crippen LogP contribution is 2.41. The lowest BCUT2D eigenvalue weighted by molar-refractivity contribution is 0.0987. The Kier molecular flexibility index (Phi) is 4.07. The maximum Gasteiger partial charge on any atom is 0.258 e. The predicted molar refractivity (Wildman–Crippen MR) is 89.1 cm³/mol. The molecule has 1 unspecified atom stereocenters. The minimum Gasteiger partial charge on any atom is -0.396 e. The van der Waals surface area contributed by atoms with Crippen LogP contribution in [0.4, 0.5) is 5.69 Å². The van der Waals surface area contributed by atoms with Crippen molar-refractivity contribution in [1.29, 1.82) is 0 Å². The fourth-order valence-electron chi connectivity index (χ4n) is 3.16. The smallest absolute Gasteiger partial charge is 0.258 e. The Hall–Kier alpha value is -2.39. The molecule has 1 atom stereocenters. The Balaban J connectivity index is 2.03. The standard InChI is InChI=1S/C19H19NO2/c1-2-14-9-6-10-17-18(14)16(11-12-21)13-20(17)19(22)15-7-4-3-5-8-15/h2-10,16,21H,1,11-13H2. The molecule has 22 heavy (non-hydrogen) atoms. The number of nitrogens with zero attached hydrogens (tertiary/aromatic N) is 1. The van der Waals surface area contributed by atoms with Crippen LogP contribution in [0.3, 0.4) is 0 Å². The van der Waals surface area contributed by atoms with Crippen molar-refractivity contribution in [2.75, 3.05) is 18.1 Å². The first kappa shape index (κ1) is 14.5. The van der Waals surface area contributed by atoms with Gasteiger partial charge >= 0.3 is 0 Å². The molecule has 0 fully saturated rings. The summed E-state index contributed by atoms with van der Waals surface area (Å²) in [7, 11) is 0. The molecule has 0 radical (unpaired) electrons. The largest absolute Gasteiger partial charge is 0.396 e. The van der Waals surface area contributed by atoms with Crippen LogP contribution in [0, 0.1) is 0 Å². The molecule has 112 valence electrons. The van der Waals surface area contributed by atoms with Gasteiger partial charge in [-0.15, -0.1) is 0 Å². The van der Waals surface area contributed by atoms with Crippen LogP contribution in [-0.4, -0.2) is 24.2 Å². The molecule has 0 aromatic heterocycles. The van der Waals surface area contributed by atoms with Crippen molar-refractivity contribution in [3.63, 3.8) is 0 Å². The fraction of sp³-hybridized carbons (Fsp3) is 0.211. The van der Waals surface area contributed by atoms with Crippen LogP contribution in [0.5, 0.6) is 0 Å². The molecule has 3 heteroatoms. The van der Waals surface area contributed by atoms with Crippen LogP contribution in [0.1, 0.15) is 33.8 Å². The molecule has 3 rings (SSSR count). The third-order valence-corrected chi connectivity index (χ3v) is 4.18. The zero-order chi connectivity index (χ0) is 15.5. The first-order chi connectivity index (χ1) is 10.8. The van der Waals surface area contributed by atoms with Crippen molar-refractivity contribution in [2.24, 2.45) is 0 Å². The number of anilines is 1. The molecule has 1 N–H and O–H groups in total. The van der Waals surface area contributed by atoms with Crippen molar-refractivity contribution in [3.05, 3.63) is 71.8 Å². The molecule has 0 saturated heterocycles. The number of benzene rings is 2. The molecule has 1 aliphatic rings. The van der Waals surface area contributed by atoms with E-state index in [4.69, 9.17) is 0 Å². The number of fused-ring (bicyclic) bond motifs is 1. The van der Waals surface area contributed by atoms with Gasteiger partial charge < -0.3 is 10.0 Å². The van der Waals surface area contributed by atoms with Gasteiger partial charge in [-0.05, 0) is 35.7 Å². The first-order valence-corrected chi connectivity index (χ1v) is 7.49. The number of hydrogen-bond donors (Lipinski definition) is 1. The summed E-state index contributed by atoms with van der Waals surface area (Å²) in [5.74, 6) is 0.158. The molecular weight excluding hydrogens is 274 g/mol. The zero-order valence-electron chi connectivity index (χ0n) is 12.4. The van der Waals surface area contributed by atoms with Crippen molar-refractivity contribution in [3.8, 4) is 0 Å². The minimum absolute atomic E-state index is 0.00324. The average Bonchev–Trinajstić information content (AvgIpc) is 2.94. The number of rotatable bonds is 4. The van der Waals surface area contributed by atoms with Gasteiger partial charge in [0, 0.05) is 30.3 Å². The van der Waals surface area contributed by atoms with Gasteiger partial charge in [0.05, 0.1) is 0 Å². The summed E-state index contributed by atoms with van der Waals surface area (Å²) in [5.41, 5.74) is 3.78. The van der Waals surface area contributed by atoms with Gasteiger partial charge in [-0.25, -0.2) is 0 Å². The van der Waals surface area contributed by atoms with Crippen molar-refractivity contribution in [2.45, 2.75) is 12.3 Å². The summed E-state index contributed by atoms with van der Waals surface area (Å²) in [6.07, 6.45) is 2.47. The number of carbonyl (C=O) groups excluding carboxylic acids is 1. The van der Waals surface area contributed by atoms with Crippen LogP contribution >= 0.6 is 0 Å². The minimum atomic E-state index is 0.00324. The highest BCUT2D eigenvalue weighted by molar-refractivity contribution is 6.07. The van der Waals surface area contributed by atoms with E-state index < -0.39 is 0 Å². The first-order valence-electron chi connectivity index (χ1n) is 7.49. The summed E-state index contributed by atoms with van der Waals surface area (Å²) in [6, 6.07) is 15.2. The third kappa shape index (κ3) is 2.44. The second kappa shape index (κ2) is 6.16. The van der Waals surface area contributed by atoms with E-state index in [1.54, 1.807) is 0 Å². The van der Waals surface area contributed by atoms with Gasteiger partial charge in [0.15, 0.2) is 0 Å². The van der Waals surface area contributed by atoms with Gasteiger partial charge in [0.2, 0.25) is 0 Å². The highest BCUT2D eigenvalue weighted by atomic mass is 16.3. The van der Waals surface area contributed by atoms with E-state index in [0.29, 0.717) is 18.5 Å². The Labute approximate surface area is 130 Å². The summed E-state index contributed by atoms with van der Waals surface area (Å²) in [6.45, 7) is 4.58. The molecule has 2 aromatic carbocycles. The summed E-state index contributed by atoms with van der Waals surface area (Å²) >= 11 is 0. The highest BCUT2D eigenvalue weighted by Gasteiger charge is 2.33. The number of amides is 1. The van der Waals surface area contributed by atoms with Crippen molar-refractivity contribution < 1.29 is 9.90 Å². The van der Waals surface area contributed by atoms with E-state index in [2.05, 4.69) is 6.58 Å². The Bertz CT molecular complexity index is 694. The van der Waals surface area contributed by atoms with E-state index in [0.717, 1.165) is 16.8 Å². The molecule has 0 aliphatic carbocycles. The monoisotopic (exact) mass is 293 g/mol. The van der Waals surface area contributed by atoms with E-state index in [9.17, 15) is 9.90 Å². The molecule has 0 spiro atoms. The molecule has 0 bridgehead atoms. The summed E-state index contributed by atoms with van der Waals surface area (Å²) in [4.78, 5) is 14.6. The molecule has 2 aromatic rings. The van der Waals surface area contributed by atoms with E-state index in [1.165, 1.54) is 0 Å². The molecule has 1 amide bonds. The Morgan fingerprint density at radius 3 is 2.68 bits per heavy atom. The topological polar surface area (TPSA) is 40.5 Å². The molecule has 1 aliphatic heterocycles. The number of aliphatic hydroxyl groups excluding tert-OH is 1. The molecule has 0 saturated carbocycles. The van der Waals surface area contributed by atoms with E-state index >= 15 is 0 Å². The maximum absolute atomic E-state index is 12.8. The lowest BCUT2D eigenvalue weighted by atomic mass is 9.93. The van der Waals surface area contributed by atoms with Gasteiger partial charge in [-0.2, -0.15) is 0 Å². The SMILES string of the molecule is C=Cc1cccc2c1C(CCO)CN2C(=O)c1ccccc1. The average molecular weight is 293 g/mol. The summed E-state index contributed by atoms with van der Waals surface area (Å²) in [5, 5.41) is 9.33. The Morgan fingerprint density at radius 1 is 1.23 bits per heavy atom. The quantitative estimate of drug-likeness (QED) is 0.938. The van der Waals surface area contributed by atoms with Gasteiger partial charge in [0.1, 0.15) is 0 Å². The predicted octanol–water partition coefficient (Wildman–Crippen LogP) is 3.46. The number of hydrogen-bond acceptors (Lipinski definition) is 2. The normalized spacial score (nSPS) is 16.4. The lowest BCUT2D eigenvalue weighted by Gasteiger charge is -2.18. The van der Waals surface area contributed by atoms with Crippen LogP contribution in [-0.2, 0) is 0 Å². The van der Waals surface area contributed by atoms with Gasteiger partial charge in [0.25, 0.3) is 5.91 Å². The van der Waals surface area contributed by atoms with E-state index in [-0.39, 0.29) is 18.4 Å². The number of aliphatic hydroxyl groups is 1. The lowest BCUT2D eigenvalue weighted by Crippen LogP contribution is -2.29. The fourth-order valence-corrected chi connectivity index (χ4v) is 3.16. The zero-order valence-corrected chi connectivity index (χ0v) is 12.4. The van der Waals surface area contributed by atoms with Gasteiger partial charge in [-0.1, -0.05) is 43.0 Å². The molecule has 1 heterocycles. The second-order valence-corrected chi connectivity index (χ2v) is 5.48. The second-order valence-electron chi connectivity index (χ2n) is 5.48. The van der Waals surface area contributed by atoms with Crippen molar-refractivity contribution in [1.82, 2.24) is 0 Å². The van der Waals surface area contributed by atoms with Crippen LogP contribution in [0.2, 0.25) is 0 Å². The molecule has 3 nitrogen and oxygen atoms in total. The van der Waals surface area contributed by atoms with Crippen LogP contribution < -0.4 is 4.90 Å². The van der Waals surface area contributed by atoms with Crippen LogP contribution in [0.25, 0.3) is 6.08 Å². The van der Waals surface area contributed by atoms with E-state index in [1.807, 2.05) is 59.5 Å². The maximum atomic E-state index is 12.8. The van der Waals surface area contributed by atoms with Crippen molar-refractivity contribution >= 4 is 17.7 Å². The molecular formula is C19H19NO2. The third-order valence-electron chi connectivity index (χ3n) is 4.18. The number of carbonyl (C=O) groups is 1. The van der Waals surface area contributed by atoms with Crippen LogP contribution in [0.15, 0.2) is 55.1 Å². The summed E-state index contributed by atoms with van der Waals surface area (Å²) < 4.78 is 0. The Morgan fingerprint density at radius 2 is 2.00 bits per heavy atom.